The summed E-state index contributed by atoms with van der Waals surface area (Å²) in [6.45, 7) is 8.54. The van der Waals surface area contributed by atoms with Gasteiger partial charge in [-0.3, -0.25) is 4.79 Å². The van der Waals surface area contributed by atoms with Crippen LogP contribution in [0, 0.1) is 0 Å². The van der Waals surface area contributed by atoms with Crippen molar-refractivity contribution < 1.29 is 9.53 Å². The van der Waals surface area contributed by atoms with Crippen LogP contribution in [0.3, 0.4) is 0 Å². The van der Waals surface area contributed by atoms with E-state index in [0.29, 0.717) is 0 Å². The van der Waals surface area contributed by atoms with E-state index in [2.05, 4.69) is 5.32 Å². The van der Waals surface area contributed by atoms with Gasteiger partial charge in [-0.05, 0) is 53.5 Å². The van der Waals surface area contributed by atoms with Crippen molar-refractivity contribution in [2.45, 2.75) is 58.1 Å². The van der Waals surface area contributed by atoms with Crippen LogP contribution in [-0.4, -0.2) is 23.7 Å². The summed E-state index contributed by atoms with van der Waals surface area (Å²) in [4.78, 5) is 11.9. The van der Waals surface area contributed by atoms with E-state index in [0.717, 1.165) is 25.8 Å². The minimum Gasteiger partial charge on any atom is -0.459 e. The number of hydrogen-bond donors (Lipinski definition) is 1. The lowest BCUT2D eigenvalue weighted by atomic mass is 9.91. The summed E-state index contributed by atoms with van der Waals surface area (Å²) >= 11 is 0. The molecular formula is C11H21NO2. The quantitative estimate of drug-likeness (QED) is 0.655. The van der Waals surface area contributed by atoms with Crippen LogP contribution in [0.4, 0.5) is 0 Å². The third-order valence-corrected chi connectivity index (χ3v) is 2.47. The molecule has 3 heteroatoms. The largest absolute Gasteiger partial charge is 0.459 e. The third-order valence-electron chi connectivity index (χ3n) is 2.47. The van der Waals surface area contributed by atoms with E-state index in [1.165, 1.54) is 0 Å². The molecule has 82 valence electrons. The second-order valence-electron chi connectivity index (χ2n) is 5.22. The number of carbonyl (C=O) groups is 1. The second-order valence-corrected chi connectivity index (χ2v) is 5.22. The van der Waals surface area contributed by atoms with E-state index < -0.39 is 5.54 Å². The molecule has 0 aliphatic carbocycles. The zero-order chi connectivity index (χ0) is 10.8. The number of esters is 1. The van der Waals surface area contributed by atoms with Gasteiger partial charge >= 0.3 is 5.97 Å². The van der Waals surface area contributed by atoms with Crippen molar-refractivity contribution in [1.29, 1.82) is 0 Å². The molecule has 1 fully saturated rings. The topological polar surface area (TPSA) is 38.3 Å². The Labute approximate surface area is 86.2 Å². The van der Waals surface area contributed by atoms with Crippen LogP contribution in [0.25, 0.3) is 0 Å². The molecule has 1 unspecified atom stereocenters. The van der Waals surface area contributed by atoms with Crippen molar-refractivity contribution >= 4 is 5.97 Å². The number of ether oxygens (including phenoxy) is 1. The van der Waals surface area contributed by atoms with Gasteiger partial charge in [-0.25, -0.2) is 0 Å². The molecule has 1 rings (SSSR count). The molecule has 0 aromatic heterocycles. The zero-order valence-electron chi connectivity index (χ0n) is 9.64. The van der Waals surface area contributed by atoms with Gasteiger partial charge in [0.2, 0.25) is 0 Å². The van der Waals surface area contributed by atoms with Gasteiger partial charge in [0, 0.05) is 0 Å². The van der Waals surface area contributed by atoms with Crippen LogP contribution in [-0.2, 0) is 9.53 Å². The molecule has 1 heterocycles. The van der Waals surface area contributed by atoms with Crippen molar-refractivity contribution in [1.82, 2.24) is 5.32 Å². The summed E-state index contributed by atoms with van der Waals surface area (Å²) in [5.74, 6) is -0.121. The zero-order valence-corrected chi connectivity index (χ0v) is 9.64. The van der Waals surface area contributed by atoms with Crippen LogP contribution in [0.15, 0.2) is 0 Å². The number of hydrogen-bond acceptors (Lipinski definition) is 3. The molecule has 0 spiro atoms. The highest BCUT2D eigenvalue weighted by molar-refractivity contribution is 5.80. The smallest absolute Gasteiger partial charge is 0.326 e. The van der Waals surface area contributed by atoms with E-state index in [4.69, 9.17) is 4.74 Å². The Morgan fingerprint density at radius 1 is 1.36 bits per heavy atom. The van der Waals surface area contributed by atoms with E-state index in [1.807, 2.05) is 27.7 Å². The van der Waals surface area contributed by atoms with Crippen LogP contribution in [0.1, 0.15) is 47.0 Å². The van der Waals surface area contributed by atoms with Gasteiger partial charge in [-0.15, -0.1) is 0 Å². The molecule has 0 aromatic rings. The normalized spacial score (nSPS) is 28.6. The van der Waals surface area contributed by atoms with Crippen molar-refractivity contribution in [2.24, 2.45) is 0 Å². The number of piperidine rings is 1. The molecule has 0 saturated carbocycles. The molecule has 1 aliphatic heterocycles. The first kappa shape index (κ1) is 11.5. The van der Waals surface area contributed by atoms with Gasteiger partial charge < -0.3 is 10.1 Å². The summed E-state index contributed by atoms with van der Waals surface area (Å²) in [5.41, 5.74) is -0.856. The van der Waals surface area contributed by atoms with E-state index in [-0.39, 0.29) is 11.6 Å². The SMILES string of the molecule is CC(C)(C)OC(=O)C1(C)CCCCN1. The highest BCUT2D eigenvalue weighted by Gasteiger charge is 2.37. The van der Waals surface area contributed by atoms with E-state index in [9.17, 15) is 4.79 Å². The number of rotatable bonds is 1. The van der Waals surface area contributed by atoms with Crippen molar-refractivity contribution in [2.75, 3.05) is 6.54 Å². The maximum atomic E-state index is 11.9. The molecule has 0 radical (unpaired) electrons. The van der Waals surface area contributed by atoms with Gasteiger partial charge in [-0.2, -0.15) is 0 Å². The Hall–Kier alpha value is -0.570. The molecule has 0 aromatic carbocycles. The summed E-state index contributed by atoms with van der Waals surface area (Å²) in [7, 11) is 0. The molecule has 1 N–H and O–H groups in total. The Kier molecular flexibility index (Phi) is 3.20. The van der Waals surface area contributed by atoms with Crippen LogP contribution < -0.4 is 5.32 Å². The highest BCUT2D eigenvalue weighted by atomic mass is 16.6. The lowest BCUT2D eigenvalue weighted by Gasteiger charge is -2.35. The fraction of sp³-hybridized carbons (Fsp3) is 0.909. The predicted molar refractivity (Wildman–Crippen MR) is 56.1 cm³/mol. The number of nitrogens with one attached hydrogen (secondary N) is 1. The fourth-order valence-corrected chi connectivity index (χ4v) is 1.62. The van der Waals surface area contributed by atoms with Gasteiger partial charge in [0.25, 0.3) is 0 Å². The standard InChI is InChI=1S/C11H21NO2/c1-10(2,3)14-9(13)11(4)7-5-6-8-12-11/h12H,5-8H2,1-4H3. The Morgan fingerprint density at radius 3 is 2.43 bits per heavy atom. The molecule has 3 nitrogen and oxygen atoms in total. The van der Waals surface area contributed by atoms with E-state index >= 15 is 0 Å². The fourth-order valence-electron chi connectivity index (χ4n) is 1.62. The van der Waals surface area contributed by atoms with E-state index in [1.54, 1.807) is 0 Å². The van der Waals surface area contributed by atoms with Crippen molar-refractivity contribution in [3.63, 3.8) is 0 Å². The Morgan fingerprint density at radius 2 is 2.00 bits per heavy atom. The van der Waals surface area contributed by atoms with Crippen LogP contribution in [0.5, 0.6) is 0 Å². The summed E-state index contributed by atoms with van der Waals surface area (Å²) < 4.78 is 5.38. The molecular weight excluding hydrogens is 178 g/mol. The average molecular weight is 199 g/mol. The van der Waals surface area contributed by atoms with Gasteiger partial charge in [-0.1, -0.05) is 0 Å². The molecule has 1 saturated heterocycles. The third kappa shape index (κ3) is 2.98. The highest BCUT2D eigenvalue weighted by Crippen LogP contribution is 2.22. The van der Waals surface area contributed by atoms with Gasteiger partial charge in [0.1, 0.15) is 11.1 Å². The summed E-state index contributed by atoms with van der Waals surface area (Å²) in [5, 5.41) is 3.24. The Balaban J connectivity index is 2.58. The Bertz CT molecular complexity index is 212. The number of carbonyl (C=O) groups excluding carboxylic acids is 1. The van der Waals surface area contributed by atoms with Gasteiger partial charge in [0.05, 0.1) is 0 Å². The molecule has 1 aliphatic rings. The van der Waals surface area contributed by atoms with Crippen LogP contribution >= 0.6 is 0 Å². The van der Waals surface area contributed by atoms with Crippen LogP contribution in [0.2, 0.25) is 0 Å². The van der Waals surface area contributed by atoms with Crippen molar-refractivity contribution in [3.8, 4) is 0 Å². The first-order valence-corrected chi connectivity index (χ1v) is 5.32. The lowest BCUT2D eigenvalue weighted by molar-refractivity contribution is -0.163. The predicted octanol–water partition coefficient (Wildman–Crippen LogP) is 1.86. The monoisotopic (exact) mass is 199 g/mol. The maximum Gasteiger partial charge on any atom is 0.326 e. The first-order chi connectivity index (χ1) is 6.33. The second kappa shape index (κ2) is 3.89. The molecule has 1 atom stereocenters. The molecule has 0 amide bonds. The lowest BCUT2D eigenvalue weighted by Crippen LogP contribution is -2.54. The minimum atomic E-state index is -0.467. The first-order valence-electron chi connectivity index (χ1n) is 5.32. The molecule has 0 bridgehead atoms. The maximum absolute atomic E-state index is 11.9. The molecule has 14 heavy (non-hydrogen) atoms. The van der Waals surface area contributed by atoms with Gasteiger partial charge in [0.15, 0.2) is 0 Å². The average Bonchev–Trinajstić information content (AvgIpc) is 2.02. The van der Waals surface area contributed by atoms with Crippen molar-refractivity contribution in [3.05, 3.63) is 0 Å². The summed E-state index contributed by atoms with van der Waals surface area (Å²) in [6, 6.07) is 0. The summed E-state index contributed by atoms with van der Waals surface area (Å²) in [6.07, 6.45) is 3.13. The minimum absolute atomic E-state index is 0.121.